The summed E-state index contributed by atoms with van der Waals surface area (Å²) in [5, 5.41) is 2.33. The van der Waals surface area contributed by atoms with Crippen LogP contribution in [0.25, 0.3) is 0 Å². The van der Waals surface area contributed by atoms with Crippen molar-refractivity contribution in [2.24, 2.45) is 0 Å². The second-order valence-electron chi connectivity index (χ2n) is 5.72. The maximum atomic E-state index is 13.0. The lowest BCUT2D eigenvalue weighted by Crippen LogP contribution is -2.18. The number of carbonyl (C=O) groups is 1. The van der Waals surface area contributed by atoms with Crippen molar-refractivity contribution in [3.05, 3.63) is 53.1 Å². The maximum absolute atomic E-state index is 13.0. The fourth-order valence-electron chi connectivity index (χ4n) is 2.46. The van der Waals surface area contributed by atoms with E-state index >= 15 is 0 Å². The minimum atomic E-state index is -4.52. The summed E-state index contributed by atoms with van der Waals surface area (Å²) in [4.78, 5) is 12.0. The highest BCUT2D eigenvalue weighted by atomic mass is 32.2. The van der Waals surface area contributed by atoms with Gasteiger partial charge >= 0.3 is 6.18 Å². The highest BCUT2D eigenvalue weighted by molar-refractivity contribution is 7.99. The Balaban J connectivity index is 1.98. The van der Waals surface area contributed by atoms with Gasteiger partial charge in [-0.3, -0.25) is 4.79 Å². The van der Waals surface area contributed by atoms with Crippen LogP contribution < -0.4 is 14.8 Å². The molecule has 8 heteroatoms. The molecular weight excluding hydrogens is 379 g/mol. The Hall–Kier alpha value is -2.35. The number of rotatable bonds is 7. The summed E-state index contributed by atoms with van der Waals surface area (Å²) in [7, 11) is 3.09. The molecule has 2 rings (SSSR count). The number of hydrogen-bond donors (Lipinski definition) is 1. The van der Waals surface area contributed by atoms with Gasteiger partial charge in [-0.1, -0.05) is 12.1 Å². The molecule has 0 aromatic heterocycles. The first kappa shape index (κ1) is 21.0. The lowest BCUT2D eigenvalue weighted by atomic mass is 10.1. The van der Waals surface area contributed by atoms with Crippen molar-refractivity contribution in [1.29, 1.82) is 0 Å². The number of thioether (sulfide) groups is 1. The molecule has 27 heavy (non-hydrogen) atoms. The molecule has 2 aromatic rings. The Morgan fingerprint density at radius 2 is 1.74 bits per heavy atom. The average molecular weight is 399 g/mol. The van der Waals surface area contributed by atoms with Crippen molar-refractivity contribution in [2.45, 2.75) is 18.9 Å². The Morgan fingerprint density at radius 3 is 2.37 bits per heavy atom. The molecule has 0 aliphatic heterocycles. The van der Waals surface area contributed by atoms with E-state index in [4.69, 9.17) is 9.47 Å². The van der Waals surface area contributed by atoms with Crippen molar-refractivity contribution < 1.29 is 27.4 Å². The first-order chi connectivity index (χ1) is 12.8. The van der Waals surface area contributed by atoms with Gasteiger partial charge in [0.15, 0.2) is 11.5 Å². The third-order valence-corrected chi connectivity index (χ3v) is 4.82. The van der Waals surface area contributed by atoms with Crippen LogP contribution in [0.4, 0.5) is 18.9 Å². The van der Waals surface area contributed by atoms with Gasteiger partial charge in [-0.25, -0.2) is 0 Å². The molecule has 1 N–H and O–H groups in total. The van der Waals surface area contributed by atoms with Gasteiger partial charge < -0.3 is 14.8 Å². The van der Waals surface area contributed by atoms with Crippen LogP contribution in [-0.4, -0.2) is 25.9 Å². The third-order valence-electron chi connectivity index (χ3n) is 3.84. The Morgan fingerprint density at radius 1 is 1.11 bits per heavy atom. The van der Waals surface area contributed by atoms with Gasteiger partial charge in [0.2, 0.25) is 5.91 Å². The van der Waals surface area contributed by atoms with Crippen molar-refractivity contribution in [2.75, 3.05) is 25.3 Å². The number of nitrogens with one attached hydrogen (secondary N) is 1. The molecule has 2 aromatic carbocycles. The maximum Gasteiger partial charge on any atom is 0.418 e. The molecule has 0 saturated heterocycles. The van der Waals surface area contributed by atoms with Crippen molar-refractivity contribution >= 4 is 23.4 Å². The van der Waals surface area contributed by atoms with E-state index in [1.807, 2.05) is 19.1 Å². The molecule has 1 amide bonds. The van der Waals surface area contributed by atoms with Crippen LogP contribution >= 0.6 is 11.8 Å². The Bertz CT molecular complexity index is 809. The van der Waals surface area contributed by atoms with Gasteiger partial charge in [-0.15, -0.1) is 11.8 Å². The summed E-state index contributed by atoms with van der Waals surface area (Å²) >= 11 is 1.30. The molecule has 0 fully saturated rings. The summed E-state index contributed by atoms with van der Waals surface area (Å²) in [6.45, 7) is 1.91. The van der Waals surface area contributed by atoms with Gasteiger partial charge in [-0.05, 0) is 42.3 Å². The zero-order valence-corrected chi connectivity index (χ0v) is 16.0. The number of anilines is 1. The van der Waals surface area contributed by atoms with Gasteiger partial charge in [0, 0.05) is 5.75 Å². The fourth-order valence-corrected chi connectivity index (χ4v) is 3.35. The van der Waals surface area contributed by atoms with E-state index in [0.29, 0.717) is 17.3 Å². The third kappa shape index (κ3) is 5.56. The largest absolute Gasteiger partial charge is 0.493 e. The molecule has 0 heterocycles. The van der Waals surface area contributed by atoms with Crippen LogP contribution in [-0.2, 0) is 16.7 Å². The zero-order chi connectivity index (χ0) is 20.0. The molecule has 0 aliphatic rings. The van der Waals surface area contributed by atoms with Crippen LogP contribution in [0.3, 0.4) is 0 Å². The minimum absolute atomic E-state index is 0.0278. The number of methoxy groups -OCH3 is 2. The first-order valence-electron chi connectivity index (χ1n) is 8.01. The molecule has 0 bridgehead atoms. The molecule has 0 unspecified atom stereocenters. The molecular formula is C19H20F3NO3S. The van der Waals surface area contributed by atoms with Crippen molar-refractivity contribution in [3.63, 3.8) is 0 Å². The van der Waals surface area contributed by atoms with E-state index in [0.717, 1.165) is 17.2 Å². The number of benzene rings is 2. The zero-order valence-electron chi connectivity index (χ0n) is 15.1. The standard InChI is InChI=1S/C19H20F3NO3S/c1-12-8-16(25-2)17(26-3)9-13(12)10-27-11-18(24)23-15-7-5-4-6-14(15)19(20,21)22/h4-9H,10-11H2,1-3H3,(H,23,24). The smallest absolute Gasteiger partial charge is 0.418 e. The Labute approximate surface area is 160 Å². The number of carbonyl (C=O) groups excluding carboxylic acids is 1. The van der Waals surface area contributed by atoms with Crippen LogP contribution in [0.5, 0.6) is 11.5 Å². The highest BCUT2D eigenvalue weighted by Crippen LogP contribution is 2.35. The number of alkyl halides is 3. The molecule has 0 aliphatic carbocycles. The second kappa shape index (κ2) is 9.03. The van der Waals surface area contributed by atoms with Crippen LogP contribution in [0.2, 0.25) is 0 Å². The lowest BCUT2D eigenvalue weighted by Gasteiger charge is -2.14. The second-order valence-corrected chi connectivity index (χ2v) is 6.70. The number of halogens is 3. The van der Waals surface area contributed by atoms with E-state index in [9.17, 15) is 18.0 Å². The van der Waals surface area contributed by atoms with E-state index < -0.39 is 17.6 Å². The van der Waals surface area contributed by atoms with Crippen molar-refractivity contribution in [1.82, 2.24) is 0 Å². The molecule has 146 valence electrons. The molecule has 4 nitrogen and oxygen atoms in total. The number of ether oxygens (including phenoxy) is 2. The molecule has 0 atom stereocenters. The normalized spacial score (nSPS) is 11.2. The minimum Gasteiger partial charge on any atom is -0.493 e. The summed E-state index contributed by atoms with van der Waals surface area (Å²) in [6.07, 6.45) is -4.52. The van der Waals surface area contributed by atoms with Gasteiger partial charge in [0.1, 0.15) is 0 Å². The number of aryl methyl sites for hydroxylation is 1. The lowest BCUT2D eigenvalue weighted by molar-refractivity contribution is -0.137. The molecule has 0 spiro atoms. The molecule has 0 radical (unpaired) electrons. The van der Waals surface area contributed by atoms with Crippen LogP contribution in [0.15, 0.2) is 36.4 Å². The monoisotopic (exact) mass is 399 g/mol. The summed E-state index contributed by atoms with van der Waals surface area (Å²) in [6, 6.07) is 8.59. The van der Waals surface area contributed by atoms with E-state index in [2.05, 4.69) is 5.32 Å². The van der Waals surface area contributed by atoms with Gasteiger partial charge in [0.05, 0.1) is 31.2 Å². The van der Waals surface area contributed by atoms with Gasteiger partial charge in [-0.2, -0.15) is 13.2 Å². The summed E-state index contributed by atoms with van der Waals surface area (Å²) < 4.78 is 49.4. The number of para-hydroxylation sites is 1. The SMILES string of the molecule is COc1cc(C)c(CSCC(=O)Nc2ccccc2C(F)(F)F)cc1OC. The first-order valence-corrected chi connectivity index (χ1v) is 9.17. The van der Waals surface area contributed by atoms with E-state index in [-0.39, 0.29) is 11.4 Å². The van der Waals surface area contributed by atoms with Gasteiger partial charge in [0.25, 0.3) is 0 Å². The van der Waals surface area contributed by atoms with Crippen LogP contribution in [0.1, 0.15) is 16.7 Å². The van der Waals surface area contributed by atoms with Crippen molar-refractivity contribution in [3.8, 4) is 11.5 Å². The summed E-state index contributed by atoms with van der Waals surface area (Å²) in [5.41, 5.74) is 0.834. The highest BCUT2D eigenvalue weighted by Gasteiger charge is 2.33. The predicted molar refractivity (Wildman–Crippen MR) is 101 cm³/mol. The quantitative estimate of drug-likeness (QED) is 0.719. The fraction of sp³-hybridized carbons (Fsp3) is 0.316. The molecule has 0 saturated carbocycles. The predicted octanol–water partition coefficient (Wildman–Crippen LogP) is 4.90. The van der Waals surface area contributed by atoms with Crippen LogP contribution in [0, 0.1) is 6.92 Å². The van der Waals surface area contributed by atoms with E-state index in [1.165, 1.54) is 37.1 Å². The topological polar surface area (TPSA) is 47.6 Å². The number of amides is 1. The van der Waals surface area contributed by atoms with E-state index in [1.54, 1.807) is 7.11 Å². The number of hydrogen-bond acceptors (Lipinski definition) is 4. The summed E-state index contributed by atoms with van der Waals surface area (Å²) in [5.74, 6) is 1.25. The Kier molecular flexibility index (Phi) is 7.01. The average Bonchev–Trinajstić information content (AvgIpc) is 2.62.